The first-order valence-electron chi connectivity index (χ1n) is 13.0. The van der Waals surface area contributed by atoms with Crippen LogP contribution < -0.4 is 20.3 Å². The molecule has 1 unspecified atom stereocenters. The van der Waals surface area contributed by atoms with Crippen LogP contribution in [0.1, 0.15) is 70.5 Å². The number of aromatic nitrogens is 1. The standard InChI is InChI=1S/C30H34N4O3/c1-19-26(10-7-11-27(19)37-3)30(36)33-23-16-24-13-14-25(17-23)34(24)28-15-12-22(18-31-28)29(35)32-20(2)21-8-5-4-6-9-21/h4-12,15,18,20,23-25H,13-14,16-17H2,1-3H3,(H,32,35)(H,33,36)/t20-,23?,24-,25+/m0/s1. The predicted octanol–water partition coefficient (Wildman–Crippen LogP) is 4.82. The molecule has 2 N–H and O–H groups in total. The number of amides is 2. The minimum Gasteiger partial charge on any atom is -0.496 e. The molecule has 2 aliphatic rings. The summed E-state index contributed by atoms with van der Waals surface area (Å²) in [7, 11) is 1.62. The van der Waals surface area contributed by atoms with Crippen molar-refractivity contribution in [1.82, 2.24) is 15.6 Å². The van der Waals surface area contributed by atoms with Crippen LogP contribution in [-0.2, 0) is 0 Å². The first-order chi connectivity index (χ1) is 17.9. The van der Waals surface area contributed by atoms with Crippen LogP contribution in [0.2, 0.25) is 0 Å². The molecule has 37 heavy (non-hydrogen) atoms. The number of ether oxygens (including phenoxy) is 1. The normalized spacial score (nSPS) is 21.3. The lowest BCUT2D eigenvalue weighted by atomic mass is 9.96. The van der Waals surface area contributed by atoms with Gasteiger partial charge in [0.25, 0.3) is 11.8 Å². The van der Waals surface area contributed by atoms with Gasteiger partial charge in [0, 0.05) is 35.4 Å². The molecule has 3 aromatic rings. The number of methoxy groups -OCH3 is 1. The number of fused-ring (bicyclic) bond motifs is 2. The Balaban J connectivity index is 1.21. The number of rotatable bonds is 7. The van der Waals surface area contributed by atoms with Gasteiger partial charge in [-0.25, -0.2) is 4.98 Å². The van der Waals surface area contributed by atoms with Crippen molar-refractivity contribution in [2.45, 2.75) is 63.7 Å². The van der Waals surface area contributed by atoms with Gasteiger partial charge in [0.2, 0.25) is 0 Å². The monoisotopic (exact) mass is 498 g/mol. The summed E-state index contributed by atoms with van der Waals surface area (Å²) in [6.07, 6.45) is 5.58. The molecule has 2 fully saturated rings. The minimum absolute atomic E-state index is 0.0486. The van der Waals surface area contributed by atoms with Crippen molar-refractivity contribution in [3.63, 3.8) is 0 Å². The van der Waals surface area contributed by atoms with Gasteiger partial charge in [-0.1, -0.05) is 36.4 Å². The molecule has 2 bridgehead atoms. The third-order valence-electron chi connectivity index (χ3n) is 7.74. The smallest absolute Gasteiger partial charge is 0.253 e. The van der Waals surface area contributed by atoms with Crippen molar-refractivity contribution in [2.24, 2.45) is 0 Å². The van der Waals surface area contributed by atoms with Gasteiger partial charge >= 0.3 is 0 Å². The average molecular weight is 499 g/mol. The molecule has 1 aromatic heterocycles. The first-order valence-corrected chi connectivity index (χ1v) is 13.0. The van der Waals surface area contributed by atoms with Gasteiger partial charge in [-0.3, -0.25) is 9.59 Å². The highest BCUT2D eigenvalue weighted by atomic mass is 16.5. The molecule has 5 rings (SSSR count). The summed E-state index contributed by atoms with van der Waals surface area (Å²) in [6, 6.07) is 20.0. The zero-order chi connectivity index (χ0) is 25.9. The molecule has 2 aliphatic heterocycles. The fourth-order valence-electron chi connectivity index (χ4n) is 5.79. The predicted molar refractivity (Wildman–Crippen MR) is 144 cm³/mol. The van der Waals surface area contributed by atoms with E-state index in [0.717, 1.165) is 48.4 Å². The summed E-state index contributed by atoms with van der Waals surface area (Å²) < 4.78 is 5.38. The van der Waals surface area contributed by atoms with Crippen molar-refractivity contribution in [3.8, 4) is 5.75 Å². The Hall–Kier alpha value is -3.87. The third kappa shape index (κ3) is 5.17. The van der Waals surface area contributed by atoms with E-state index in [-0.39, 0.29) is 23.9 Å². The van der Waals surface area contributed by atoms with Crippen LogP contribution in [0, 0.1) is 6.92 Å². The molecule has 192 valence electrons. The number of hydrogen-bond donors (Lipinski definition) is 2. The lowest BCUT2D eigenvalue weighted by Crippen LogP contribution is -2.50. The maximum atomic E-state index is 13.0. The first kappa shape index (κ1) is 24.8. The number of benzene rings is 2. The van der Waals surface area contributed by atoms with E-state index in [1.54, 1.807) is 13.3 Å². The molecule has 0 aliphatic carbocycles. The van der Waals surface area contributed by atoms with Crippen LogP contribution in [0.4, 0.5) is 5.82 Å². The Kier molecular flexibility index (Phi) is 7.12. The van der Waals surface area contributed by atoms with Crippen molar-refractivity contribution in [3.05, 3.63) is 89.1 Å². The maximum Gasteiger partial charge on any atom is 0.253 e. The van der Waals surface area contributed by atoms with E-state index in [1.165, 1.54) is 0 Å². The van der Waals surface area contributed by atoms with E-state index >= 15 is 0 Å². The largest absolute Gasteiger partial charge is 0.496 e. The number of pyridine rings is 1. The van der Waals surface area contributed by atoms with Crippen LogP contribution in [0.3, 0.4) is 0 Å². The van der Waals surface area contributed by atoms with Gasteiger partial charge in [-0.05, 0) is 69.4 Å². The Morgan fingerprint density at radius 2 is 1.70 bits per heavy atom. The number of nitrogens with one attached hydrogen (secondary N) is 2. The molecule has 2 saturated heterocycles. The highest BCUT2D eigenvalue weighted by Crippen LogP contribution is 2.38. The highest BCUT2D eigenvalue weighted by molar-refractivity contribution is 5.96. The number of anilines is 1. The number of piperidine rings is 1. The summed E-state index contributed by atoms with van der Waals surface area (Å²) in [5.74, 6) is 1.44. The van der Waals surface area contributed by atoms with Crippen molar-refractivity contribution in [2.75, 3.05) is 12.0 Å². The van der Waals surface area contributed by atoms with Crippen LogP contribution in [0.5, 0.6) is 5.75 Å². The van der Waals surface area contributed by atoms with Crippen LogP contribution in [0.25, 0.3) is 0 Å². The van der Waals surface area contributed by atoms with Crippen LogP contribution >= 0.6 is 0 Å². The SMILES string of the molecule is COc1cccc(C(=O)NC2C[C@H]3CC[C@@H](C2)N3c2ccc(C(=O)N[C@@H](C)c3ccccc3)cn2)c1C. The molecule has 7 heteroatoms. The lowest BCUT2D eigenvalue weighted by molar-refractivity contribution is 0.0922. The van der Waals surface area contributed by atoms with Crippen molar-refractivity contribution >= 4 is 17.6 Å². The summed E-state index contributed by atoms with van der Waals surface area (Å²) in [5, 5.41) is 6.31. The van der Waals surface area contributed by atoms with Gasteiger partial charge in [0.05, 0.1) is 18.7 Å². The van der Waals surface area contributed by atoms with Crippen molar-refractivity contribution < 1.29 is 14.3 Å². The average Bonchev–Trinajstić information content (AvgIpc) is 3.19. The molecule has 7 nitrogen and oxygen atoms in total. The van der Waals surface area contributed by atoms with E-state index < -0.39 is 0 Å². The van der Waals surface area contributed by atoms with E-state index in [0.29, 0.717) is 23.2 Å². The number of carbonyl (C=O) groups excluding carboxylic acids is 2. The zero-order valence-corrected chi connectivity index (χ0v) is 21.6. The van der Waals surface area contributed by atoms with Gasteiger partial charge in [0.15, 0.2) is 0 Å². The summed E-state index contributed by atoms with van der Waals surface area (Å²) in [6.45, 7) is 3.89. The minimum atomic E-state index is -0.132. The molecular weight excluding hydrogens is 464 g/mol. The molecule has 4 atom stereocenters. The molecule has 0 saturated carbocycles. The van der Waals surface area contributed by atoms with Crippen molar-refractivity contribution in [1.29, 1.82) is 0 Å². The van der Waals surface area contributed by atoms with E-state index in [9.17, 15) is 9.59 Å². The molecule has 2 amide bonds. The summed E-state index contributed by atoms with van der Waals surface area (Å²) in [5.41, 5.74) is 3.13. The summed E-state index contributed by atoms with van der Waals surface area (Å²) >= 11 is 0. The van der Waals surface area contributed by atoms with Gasteiger partial charge in [0.1, 0.15) is 11.6 Å². The molecular formula is C30H34N4O3. The number of hydrogen-bond acceptors (Lipinski definition) is 5. The number of carbonyl (C=O) groups is 2. The van der Waals surface area contributed by atoms with E-state index in [2.05, 4.69) is 20.5 Å². The Labute approximate surface area is 218 Å². The summed E-state index contributed by atoms with van der Waals surface area (Å²) in [4.78, 5) is 32.9. The number of nitrogens with zero attached hydrogens (tertiary/aromatic N) is 2. The molecule has 0 radical (unpaired) electrons. The second-order valence-electron chi connectivity index (χ2n) is 10.1. The Bertz CT molecular complexity index is 1250. The fourth-order valence-corrected chi connectivity index (χ4v) is 5.79. The fraction of sp³-hybridized carbons (Fsp3) is 0.367. The van der Waals surface area contributed by atoms with E-state index in [4.69, 9.17) is 4.74 Å². The second kappa shape index (κ2) is 10.6. The molecule has 0 spiro atoms. The van der Waals surface area contributed by atoms with Gasteiger partial charge < -0.3 is 20.3 Å². The highest BCUT2D eigenvalue weighted by Gasteiger charge is 2.42. The quantitative estimate of drug-likeness (QED) is 0.488. The van der Waals surface area contributed by atoms with Gasteiger partial charge in [-0.15, -0.1) is 0 Å². The van der Waals surface area contributed by atoms with E-state index in [1.807, 2.05) is 74.5 Å². The molecule has 3 heterocycles. The second-order valence-corrected chi connectivity index (χ2v) is 10.1. The van der Waals surface area contributed by atoms with Crippen LogP contribution in [0.15, 0.2) is 66.9 Å². The third-order valence-corrected chi connectivity index (χ3v) is 7.74. The van der Waals surface area contributed by atoms with Crippen LogP contribution in [-0.4, -0.2) is 42.0 Å². The Morgan fingerprint density at radius 1 is 0.973 bits per heavy atom. The molecule has 2 aromatic carbocycles. The maximum absolute atomic E-state index is 13.0. The zero-order valence-electron chi connectivity index (χ0n) is 21.6. The van der Waals surface area contributed by atoms with Gasteiger partial charge in [-0.2, -0.15) is 0 Å². The topological polar surface area (TPSA) is 83.6 Å². The lowest BCUT2D eigenvalue weighted by Gasteiger charge is -2.40. The Morgan fingerprint density at radius 3 is 2.35 bits per heavy atom.